The van der Waals surface area contributed by atoms with Gasteiger partial charge in [0.2, 0.25) is 0 Å². The molecule has 0 N–H and O–H groups in total. The Labute approximate surface area is 46.4 Å². The summed E-state index contributed by atoms with van der Waals surface area (Å²) in [4.78, 5) is 0. The van der Waals surface area contributed by atoms with E-state index in [1.165, 1.54) is 0 Å². The Morgan fingerprint density at radius 1 is 1.50 bits per heavy atom. The summed E-state index contributed by atoms with van der Waals surface area (Å²) < 4.78 is 9.53. The van der Waals surface area contributed by atoms with Crippen molar-refractivity contribution in [2.45, 2.75) is 0 Å². The van der Waals surface area contributed by atoms with Crippen molar-refractivity contribution in [3.05, 3.63) is 0 Å². The van der Waals surface area contributed by atoms with Gasteiger partial charge in [0, 0.05) is 0 Å². The van der Waals surface area contributed by atoms with Gasteiger partial charge in [0.25, 0.3) is 0 Å². The Bertz CT molecular complexity index is 20.8. The molecule has 0 aliphatic carbocycles. The summed E-state index contributed by atoms with van der Waals surface area (Å²) in [7, 11) is 1.67. The van der Waals surface area contributed by atoms with Gasteiger partial charge in [-0.05, 0) is 0 Å². The van der Waals surface area contributed by atoms with E-state index in [1.807, 2.05) is 0 Å². The van der Waals surface area contributed by atoms with Gasteiger partial charge < -0.3 is 0 Å². The number of hydrogen-bond acceptors (Lipinski definition) is 2. The molecular formula is C3H10GeO2. The summed E-state index contributed by atoms with van der Waals surface area (Å²) >= 11 is 0.533. The second-order valence-corrected chi connectivity index (χ2v) is 2.20. The fourth-order valence-electron chi connectivity index (χ4n) is 0.167. The van der Waals surface area contributed by atoms with Crippen LogP contribution in [0.2, 0.25) is 0 Å². The van der Waals surface area contributed by atoms with Gasteiger partial charge in [-0.15, -0.1) is 0 Å². The Kier molecular flexibility index (Phi) is 5.88. The Hall–Kier alpha value is 0.463. The molecule has 3 heteroatoms. The molecule has 0 aromatic rings. The van der Waals surface area contributed by atoms with Crippen LogP contribution < -0.4 is 0 Å². The number of hydrogen-bond donors (Lipinski definition) is 0. The molecular weight excluding hydrogens is 141 g/mol. The maximum atomic E-state index is 4.84. The molecule has 0 aliphatic heterocycles. The van der Waals surface area contributed by atoms with Gasteiger partial charge in [0.1, 0.15) is 0 Å². The minimum absolute atomic E-state index is 0.533. The second-order valence-electron chi connectivity index (χ2n) is 0.986. The van der Waals surface area contributed by atoms with Crippen molar-refractivity contribution in [1.29, 1.82) is 0 Å². The Morgan fingerprint density at radius 3 is 2.33 bits per heavy atom. The van der Waals surface area contributed by atoms with E-state index in [4.69, 9.17) is 3.76 Å². The van der Waals surface area contributed by atoms with Gasteiger partial charge in [-0.3, -0.25) is 0 Å². The van der Waals surface area contributed by atoms with E-state index < -0.39 is 0 Å². The van der Waals surface area contributed by atoms with Crippen molar-refractivity contribution < 1.29 is 8.50 Å². The van der Waals surface area contributed by atoms with Gasteiger partial charge >= 0.3 is 45.7 Å². The molecule has 0 saturated heterocycles. The molecule has 0 unspecified atom stereocenters. The standard InChI is InChI=1S/C3H10GeO2/c1-5-2-3-6-4/h2-3H2,1,4H3. The molecule has 0 aromatic carbocycles. The number of ether oxygens (including phenoxy) is 1. The summed E-state index contributed by atoms with van der Waals surface area (Å²) in [5.74, 6) is 0. The molecule has 0 atom stereocenters. The summed E-state index contributed by atoms with van der Waals surface area (Å²) in [6.45, 7) is 1.51. The molecule has 0 rings (SSSR count). The van der Waals surface area contributed by atoms with Crippen LogP contribution in [0.1, 0.15) is 0 Å². The van der Waals surface area contributed by atoms with Crippen LogP contribution in [-0.2, 0) is 8.50 Å². The van der Waals surface area contributed by atoms with Crippen LogP contribution >= 0.6 is 0 Å². The van der Waals surface area contributed by atoms with Crippen LogP contribution in [0.5, 0.6) is 0 Å². The van der Waals surface area contributed by atoms with Crippen LogP contribution in [0.4, 0.5) is 0 Å². The van der Waals surface area contributed by atoms with Gasteiger partial charge in [-0.1, -0.05) is 0 Å². The molecule has 38 valence electrons. The first-order valence-corrected chi connectivity index (χ1v) is 3.61. The summed E-state index contributed by atoms with van der Waals surface area (Å²) in [6, 6.07) is 0. The molecule has 0 heterocycles. The molecule has 0 fully saturated rings. The maximum absolute atomic E-state index is 4.84. The number of methoxy groups -OCH3 is 1. The molecule has 0 radical (unpaired) electrons. The van der Waals surface area contributed by atoms with Crippen molar-refractivity contribution in [1.82, 2.24) is 0 Å². The third-order valence-electron chi connectivity index (χ3n) is 0.492. The van der Waals surface area contributed by atoms with E-state index in [1.54, 1.807) is 7.11 Å². The third kappa shape index (κ3) is 4.46. The van der Waals surface area contributed by atoms with Gasteiger partial charge in [-0.25, -0.2) is 0 Å². The monoisotopic (exact) mass is 152 g/mol. The van der Waals surface area contributed by atoms with Crippen molar-refractivity contribution >= 4 is 16.9 Å². The fraction of sp³-hybridized carbons (Fsp3) is 1.00. The third-order valence-corrected chi connectivity index (χ3v) is 1.35. The molecule has 0 amide bonds. The van der Waals surface area contributed by atoms with Crippen LogP contribution in [0, 0.1) is 0 Å². The van der Waals surface area contributed by atoms with Crippen LogP contribution in [0.15, 0.2) is 0 Å². The van der Waals surface area contributed by atoms with E-state index >= 15 is 0 Å². The minimum atomic E-state index is 0.533. The molecule has 0 saturated carbocycles. The second kappa shape index (κ2) is 5.46. The average molecular weight is 151 g/mol. The average Bonchev–Trinajstić information content (AvgIpc) is 1.61. The summed E-state index contributed by atoms with van der Waals surface area (Å²) in [5.41, 5.74) is 0. The quantitative estimate of drug-likeness (QED) is 0.377. The van der Waals surface area contributed by atoms with Crippen LogP contribution in [0.3, 0.4) is 0 Å². The van der Waals surface area contributed by atoms with E-state index in [0.29, 0.717) is 16.9 Å². The Morgan fingerprint density at radius 2 is 2.17 bits per heavy atom. The molecule has 0 aliphatic rings. The summed E-state index contributed by atoms with van der Waals surface area (Å²) in [6.07, 6.45) is 0. The number of rotatable bonds is 3. The first-order valence-electron chi connectivity index (χ1n) is 1.89. The first-order chi connectivity index (χ1) is 2.91. The van der Waals surface area contributed by atoms with E-state index in [-0.39, 0.29) is 0 Å². The van der Waals surface area contributed by atoms with Crippen molar-refractivity contribution in [2.24, 2.45) is 0 Å². The predicted molar refractivity (Wildman–Crippen MR) is 27.8 cm³/mol. The van der Waals surface area contributed by atoms with Gasteiger partial charge in [0.05, 0.1) is 0 Å². The molecule has 6 heavy (non-hydrogen) atoms. The van der Waals surface area contributed by atoms with Crippen LogP contribution in [-0.4, -0.2) is 37.2 Å². The van der Waals surface area contributed by atoms with Crippen molar-refractivity contribution in [3.63, 3.8) is 0 Å². The van der Waals surface area contributed by atoms with Crippen molar-refractivity contribution in [2.75, 3.05) is 20.3 Å². The zero-order chi connectivity index (χ0) is 4.83. The molecule has 0 aromatic heterocycles. The first kappa shape index (κ1) is 6.46. The topological polar surface area (TPSA) is 18.5 Å². The van der Waals surface area contributed by atoms with E-state index in [0.717, 1.165) is 13.2 Å². The van der Waals surface area contributed by atoms with Gasteiger partial charge in [0.15, 0.2) is 0 Å². The Balaban J connectivity index is 2.34. The van der Waals surface area contributed by atoms with Crippen molar-refractivity contribution in [3.8, 4) is 0 Å². The SMILES string of the molecule is COCC[O][GeH3]. The molecule has 0 spiro atoms. The normalized spacial score (nSPS) is 9.50. The van der Waals surface area contributed by atoms with E-state index in [2.05, 4.69) is 4.74 Å². The predicted octanol–water partition coefficient (Wildman–Crippen LogP) is -1.07. The van der Waals surface area contributed by atoms with Crippen LogP contribution in [0.25, 0.3) is 0 Å². The zero-order valence-electron chi connectivity index (χ0n) is 4.23. The zero-order valence-corrected chi connectivity index (χ0v) is 8.43. The van der Waals surface area contributed by atoms with E-state index in [9.17, 15) is 0 Å². The summed E-state index contributed by atoms with van der Waals surface area (Å²) in [5, 5.41) is 0. The van der Waals surface area contributed by atoms with Gasteiger partial charge in [-0.2, -0.15) is 0 Å². The molecule has 0 bridgehead atoms. The fourth-order valence-corrected chi connectivity index (χ4v) is 0.516. The molecule has 2 nitrogen and oxygen atoms in total.